The van der Waals surface area contributed by atoms with Gasteiger partial charge in [-0.1, -0.05) is 29.4 Å². The van der Waals surface area contributed by atoms with E-state index < -0.39 is 6.23 Å². The van der Waals surface area contributed by atoms with E-state index >= 15 is 0 Å². The molecule has 7 heteroatoms. The number of rotatable bonds is 13. The van der Waals surface area contributed by atoms with Crippen molar-refractivity contribution in [1.29, 1.82) is 0 Å². The molecule has 1 rings (SSSR count). The topological polar surface area (TPSA) is 97.3 Å². The van der Waals surface area contributed by atoms with Crippen LogP contribution in [-0.2, 0) is 11.2 Å². The van der Waals surface area contributed by atoms with E-state index in [-0.39, 0.29) is 17.4 Å². The van der Waals surface area contributed by atoms with Gasteiger partial charge in [-0.3, -0.25) is 4.79 Å². The van der Waals surface area contributed by atoms with Crippen molar-refractivity contribution < 1.29 is 29.2 Å². The summed E-state index contributed by atoms with van der Waals surface area (Å²) in [7, 11) is 4.58. The van der Waals surface area contributed by atoms with Gasteiger partial charge >= 0.3 is 0 Å². The number of carbonyl (C=O) groups excluding carboxylic acids is 1. The third-order valence-corrected chi connectivity index (χ3v) is 5.69. The van der Waals surface area contributed by atoms with Crippen LogP contribution in [0, 0.1) is 6.92 Å². The predicted molar refractivity (Wildman–Crippen MR) is 136 cm³/mol. The Bertz CT molecular complexity index is 897. The van der Waals surface area contributed by atoms with Crippen molar-refractivity contribution in [3.05, 3.63) is 46.1 Å². The average Bonchev–Trinajstić information content (AvgIpc) is 2.77. The molecule has 0 spiro atoms. The highest BCUT2D eigenvalue weighted by Gasteiger charge is 2.23. The smallest absolute Gasteiger partial charge is 0.248 e. The van der Waals surface area contributed by atoms with Crippen molar-refractivity contribution in [2.75, 3.05) is 21.3 Å². The summed E-state index contributed by atoms with van der Waals surface area (Å²) in [6, 6.07) is 0. The highest BCUT2D eigenvalue weighted by atomic mass is 16.5. The molecule has 0 aliphatic rings. The van der Waals surface area contributed by atoms with E-state index in [2.05, 4.69) is 31.3 Å². The molecule has 1 atom stereocenters. The Kier molecular flexibility index (Phi) is 12.3. The van der Waals surface area contributed by atoms with Crippen molar-refractivity contribution in [2.45, 2.75) is 73.0 Å². The molecular formula is C27H41NO6. The number of ether oxygens (including phenoxy) is 3. The predicted octanol–water partition coefficient (Wildman–Crippen LogP) is 5.12. The number of allylic oxidation sites excluding steroid dienone is 5. The number of amides is 1. The van der Waals surface area contributed by atoms with E-state index in [9.17, 15) is 15.0 Å². The fourth-order valence-electron chi connectivity index (χ4n) is 3.64. The zero-order chi connectivity index (χ0) is 25.8. The minimum absolute atomic E-state index is 0.0721. The number of phenolic OH excluding ortho intramolecular Hbond substituents is 1. The number of nitrogens with one attached hydrogen (secondary N) is 1. The van der Waals surface area contributed by atoms with Gasteiger partial charge in [-0.2, -0.15) is 0 Å². The third kappa shape index (κ3) is 8.45. The van der Waals surface area contributed by atoms with Gasteiger partial charge in [0.15, 0.2) is 11.5 Å². The molecule has 1 aromatic rings. The molecule has 0 aliphatic heterocycles. The molecule has 0 radical (unpaired) electrons. The molecule has 7 nitrogen and oxygen atoms in total. The van der Waals surface area contributed by atoms with Crippen LogP contribution in [-0.4, -0.2) is 43.7 Å². The van der Waals surface area contributed by atoms with Crippen LogP contribution < -0.4 is 19.5 Å². The summed E-state index contributed by atoms with van der Waals surface area (Å²) in [5, 5.41) is 22.4. The number of methoxy groups -OCH3 is 3. The summed E-state index contributed by atoms with van der Waals surface area (Å²) in [6.07, 6.45) is 9.41. The number of aliphatic hydroxyl groups excluding tert-OH is 1. The fourth-order valence-corrected chi connectivity index (χ4v) is 3.64. The van der Waals surface area contributed by atoms with Crippen molar-refractivity contribution in [2.24, 2.45) is 0 Å². The minimum Gasteiger partial charge on any atom is -0.504 e. The molecule has 3 N–H and O–H groups in total. The van der Waals surface area contributed by atoms with Crippen LogP contribution in [0.15, 0.2) is 34.9 Å². The van der Waals surface area contributed by atoms with E-state index in [0.717, 1.165) is 36.8 Å². The molecule has 34 heavy (non-hydrogen) atoms. The number of hydrogen-bond donors (Lipinski definition) is 3. The molecule has 0 aromatic heterocycles. The van der Waals surface area contributed by atoms with E-state index in [1.165, 1.54) is 32.3 Å². The first-order valence-corrected chi connectivity index (χ1v) is 11.5. The SMILES string of the molecule is COc1c(C)c(C/C=C(\C)CC/C=C(\C)CC/C=C(\C)C(=O)NC(C)O)c(O)c(OC)c1OC. The van der Waals surface area contributed by atoms with Crippen LogP contribution in [0.2, 0.25) is 0 Å². The van der Waals surface area contributed by atoms with Crippen LogP contribution in [0.3, 0.4) is 0 Å². The second-order valence-corrected chi connectivity index (χ2v) is 8.47. The lowest BCUT2D eigenvalue weighted by Gasteiger charge is -2.19. The van der Waals surface area contributed by atoms with Gasteiger partial charge in [-0.05, 0) is 66.7 Å². The third-order valence-electron chi connectivity index (χ3n) is 5.69. The van der Waals surface area contributed by atoms with E-state index in [1.54, 1.807) is 14.0 Å². The molecule has 0 saturated carbocycles. The fraction of sp³-hybridized carbons (Fsp3) is 0.519. The molecule has 1 unspecified atom stereocenters. The number of phenols is 1. The first-order chi connectivity index (χ1) is 16.1. The van der Waals surface area contributed by atoms with Gasteiger partial charge in [-0.25, -0.2) is 0 Å². The summed E-state index contributed by atoms with van der Waals surface area (Å²) >= 11 is 0. The Balaban J connectivity index is 2.73. The second kappa shape index (κ2) is 14.4. The van der Waals surface area contributed by atoms with Crippen LogP contribution >= 0.6 is 0 Å². The zero-order valence-electron chi connectivity index (χ0n) is 21.9. The summed E-state index contributed by atoms with van der Waals surface area (Å²) < 4.78 is 16.2. The van der Waals surface area contributed by atoms with Gasteiger partial charge in [0.05, 0.1) is 21.3 Å². The summed E-state index contributed by atoms with van der Waals surface area (Å²) in [5.41, 5.74) is 4.68. The second-order valence-electron chi connectivity index (χ2n) is 8.47. The quantitative estimate of drug-likeness (QED) is 0.208. The van der Waals surface area contributed by atoms with Gasteiger partial charge in [0.2, 0.25) is 17.4 Å². The van der Waals surface area contributed by atoms with Crippen LogP contribution in [0.25, 0.3) is 0 Å². The lowest BCUT2D eigenvalue weighted by Crippen LogP contribution is -2.32. The Morgan fingerprint density at radius 1 is 0.912 bits per heavy atom. The number of aliphatic hydroxyl groups is 1. The highest BCUT2D eigenvalue weighted by molar-refractivity contribution is 5.92. The van der Waals surface area contributed by atoms with Crippen LogP contribution in [0.5, 0.6) is 23.0 Å². The monoisotopic (exact) mass is 475 g/mol. The minimum atomic E-state index is -0.851. The van der Waals surface area contributed by atoms with E-state index in [4.69, 9.17) is 14.2 Å². The number of carbonyl (C=O) groups is 1. The maximum absolute atomic E-state index is 11.8. The standard InChI is InChI=1S/C27H41NO6/c1-17(13-10-14-19(3)27(31)28-21(5)29)11-9-12-18(2)15-16-22-20(4)24(32-6)26(34-8)25(33-7)23(22)30/h11,14-15,21,29-30H,9-10,12-13,16H2,1-8H3,(H,28,31)/b17-11+,18-15+,19-14+. The van der Waals surface area contributed by atoms with Crippen LogP contribution in [0.4, 0.5) is 0 Å². The molecular weight excluding hydrogens is 434 g/mol. The number of benzene rings is 1. The van der Waals surface area contributed by atoms with Gasteiger partial charge in [0, 0.05) is 16.7 Å². The van der Waals surface area contributed by atoms with Crippen molar-refractivity contribution >= 4 is 5.91 Å². The van der Waals surface area contributed by atoms with Gasteiger partial charge in [0.1, 0.15) is 6.23 Å². The first-order valence-electron chi connectivity index (χ1n) is 11.5. The first kappa shape index (κ1) is 29.1. The summed E-state index contributed by atoms with van der Waals surface area (Å²) in [4.78, 5) is 11.8. The lowest BCUT2D eigenvalue weighted by atomic mass is 9.99. The Hall–Kier alpha value is -2.93. The Morgan fingerprint density at radius 3 is 1.97 bits per heavy atom. The van der Waals surface area contributed by atoms with Crippen LogP contribution in [0.1, 0.15) is 64.5 Å². The van der Waals surface area contributed by atoms with Crippen molar-refractivity contribution in [1.82, 2.24) is 5.32 Å². The Morgan fingerprint density at radius 2 is 1.44 bits per heavy atom. The van der Waals surface area contributed by atoms with Gasteiger partial charge in [0.25, 0.3) is 0 Å². The van der Waals surface area contributed by atoms with E-state index in [0.29, 0.717) is 23.5 Å². The molecule has 1 aromatic carbocycles. The molecule has 0 aliphatic carbocycles. The molecule has 190 valence electrons. The summed E-state index contributed by atoms with van der Waals surface area (Å²) in [6.45, 7) is 9.34. The number of aromatic hydroxyl groups is 1. The summed E-state index contributed by atoms with van der Waals surface area (Å²) in [5.74, 6) is 1.05. The van der Waals surface area contributed by atoms with Gasteiger partial charge in [-0.15, -0.1) is 0 Å². The normalized spacial score (nSPS) is 13.5. The zero-order valence-corrected chi connectivity index (χ0v) is 21.9. The lowest BCUT2D eigenvalue weighted by molar-refractivity contribution is -0.120. The average molecular weight is 476 g/mol. The molecule has 1 amide bonds. The molecule has 0 heterocycles. The largest absolute Gasteiger partial charge is 0.504 e. The highest BCUT2D eigenvalue weighted by Crippen LogP contribution is 2.49. The van der Waals surface area contributed by atoms with E-state index in [1.807, 2.05) is 13.0 Å². The Labute approximate surface area is 204 Å². The van der Waals surface area contributed by atoms with Gasteiger partial charge < -0.3 is 29.7 Å². The molecule has 0 bridgehead atoms. The maximum atomic E-state index is 11.8. The van der Waals surface area contributed by atoms with Crippen molar-refractivity contribution in [3.63, 3.8) is 0 Å². The van der Waals surface area contributed by atoms with Crippen molar-refractivity contribution in [3.8, 4) is 23.0 Å². The number of hydrogen-bond acceptors (Lipinski definition) is 6. The maximum Gasteiger partial charge on any atom is 0.248 e. The molecule has 0 saturated heterocycles. The molecule has 0 fully saturated rings.